The Bertz CT molecular complexity index is 332. The smallest absolute Gasteiger partial charge is 0.328 e. The molecule has 2 amide bonds. The number of aliphatic hydroxyl groups excluding tert-OH is 1. The van der Waals surface area contributed by atoms with E-state index in [0.29, 0.717) is 6.42 Å². The van der Waals surface area contributed by atoms with E-state index in [-0.39, 0.29) is 12.5 Å². The fraction of sp³-hybridized carbons (Fsp3) is 0.727. The van der Waals surface area contributed by atoms with E-state index in [1.54, 1.807) is 0 Å². The number of nitrogens with one attached hydrogen (secondary N) is 2. The van der Waals surface area contributed by atoms with Crippen LogP contribution in [0.1, 0.15) is 20.3 Å². The predicted molar refractivity (Wildman–Crippen MR) is 67.1 cm³/mol. The predicted octanol–water partition coefficient (Wildman–Crippen LogP) is -1.96. The molecule has 0 aliphatic carbocycles. The molecular formula is C11H21N3O5. The third-order valence-corrected chi connectivity index (χ3v) is 2.34. The summed E-state index contributed by atoms with van der Waals surface area (Å²) in [6, 6.07) is -2.26. The van der Waals surface area contributed by atoms with Crippen molar-refractivity contribution in [2.75, 3.05) is 13.2 Å². The number of nitrogens with two attached hydrogens (primary N) is 1. The summed E-state index contributed by atoms with van der Waals surface area (Å²) in [6.07, 6.45) is 0.343. The highest BCUT2D eigenvalue weighted by Crippen LogP contribution is 2.05. The second-order valence-electron chi connectivity index (χ2n) is 4.54. The van der Waals surface area contributed by atoms with Gasteiger partial charge in [0.15, 0.2) is 0 Å². The van der Waals surface area contributed by atoms with Crippen molar-refractivity contribution in [2.24, 2.45) is 11.7 Å². The van der Waals surface area contributed by atoms with Gasteiger partial charge in [0.05, 0.1) is 13.2 Å². The quantitative estimate of drug-likeness (QED) is 0.348. The first-order valence-electron chi connectivity index (χ1n) is 5.95. The van der Waals surface area contributed by atoms with Crippen LogP contribution in [0.2, 0.25) is 0 Å². The Balaban J connectivity index is 4.69. The van der Waals surface area contributed by atoms with Gasteiger partial charge in [-0.05, 0) is 12.3 Å². The Morgan fingerprint density at radius 2 is 1.74 bits per heavy atom. The molecule has 8 nitrogen and oxygen atoms in total. The number of amides is 2. The molecule has 2 atom stereocenters. The lowest BCUT2D eigenvalue weighted by atomic mass is 10.0. The molecular weight excluding hydrogens is 254 g/mol. The SMILES string of the molecule is CC(C)CC(NC(=O)CN)C(=O)NC(CO)C(=O)O. The number of hydrogen-bond acceptors (Lipinski definition) is 5. The van der Waals surface area contributed by atoms with E-state index >= 15 is 0 Å². The van der Waals surface area contributed by atoms with Crippen LogP contribution in [-0.2, 0) is 14.4 Å². The van der Waals surface area contributed by atoms with Gasteiger partial charge in [0.2, 0.25) is 11.8 Å². The molecule has 0 aromatic rings. The van der Waals surface area contributed by atoms with Crippen LogP contribution in [0, 0.1) is 5.92 Å². The number of aliphatic hydroxyl groups is 1. The van der Waals surface area contributed by atoms with Gasteiger partial charge in [-0.2, -0.15) is 0 Å². The Morgan fingerprint density at radius 1 is 1.16 bits per heavy atom. The summed E-state index contributed by atoms with van der Waals surface area (Å²) in [5, 5.41) is 22.1. The number of aliphatic carboxylic acids is 1. The molecule has 0 fully saturated rings. The van der Waals surface area contributed by atoms with Crippen LogP contribution in [0.25, 0.3) is 0 Å². The van der Waals surface area contributed by atoms with Crippen molar-refractivity contribution in [3.8, 4) is 0 Å². The van der Waals surface area contributed by atoms with E-state index in [1.165, 1.54) is 0 Å². The monoisotopic (exact) mass is 275 g/mol. The van der Waals surface area contributed by atoms with Crippen molar-refractivity contribution in [1.82, 2.24) is 10.6 Å². The molecule has 19 heavy (non-hydrogen) atoms. The summed E-state index contributed by atoms with van der Waals surface area (Å²) in [5.41, 5.74) is 5.15. The summed E-state index contributed by atoms with van der Waals surface area (Å²) in [5.74, 6) is -2.39. The van der Waals surface area contributed by atoms with E-state index in [1.807, 2.05) is 13.8 Å². The van der Waals surface area contributed by atoms with E-state index in [4.69, 9.17) is 15.9 Å². The van der Waals surface area contributed by atoms with Gasteiger partial charge in [-0.15, -0.1) is 0 Å². The number of carbonyl (C=O) groups is 3. The van der Waals surface area contributed by atoms with E-state index in [9.17, 15) is 14.4 Å². The zero-order chi connectivity index (χ0) is 15.0. The molecule has 0 aromatic carbocycles. The Morgan fingerprint density at radius 3 is 2.11 bits per heavy atom. The van der Waals surface area contributed by atoms with Gasteiger partial charge < -0.3 is 26.6 Å². The van der Waals surface area contributed by atoms with Crippen LogP contribution in [0.4, 0.5) is 0 Å². The highest BCUT2D eigenvalue weighted by molar-refractivity contribution is 5.90. The lowest BCUT2D eigenvalue weighted by Crippen LogP contribution is -2.53. The van der Waals surface area contributed by atoms with Crippen LogP contribution >= 0.6 is 0 Å². The van der Waals surface area contributed by atoms with Gasteiger partial charge in [0.25, 0.3) is 0 Å². The molecule has 0 aliphatic rings. The summed E-state index contributed by atoms with van der Waals surface area (Å²) in [7, 11) is 0. The van der Waals surface area contributed by atoms with Crippen LogP contribution in [-0.4, -0.2) is 53.2 Å². The first-order chi connectivity index (χ1) is 8.81. The summed E-state index contributed by atoms with van der Waals surface area (Å²) >= 11 is 0. The summed E-state index contributed by atoms with van der Waals surface area (Å²) in [6.45, 7) is 2.73. The van der Waals surface area contributed by atoms with Gasteiger partial charge in [0.1, 0.15) is 12.1 Å². The lowest BCUT2D eigenvalue weighted by Gasteiger charge is -2.21. The Labute approximate surface area is 111 Å². The van der Waals surface area contributed by atoms with Crippen molar-refractivity contribution in [3.05, 3.63) is 0 Å². The highest BCUT2D eigenvalue weighted by Gasteiger charge is 2.26. The fourth-order valence-corrected chi connectivity index (χ4v) is 1.41. The largest absolute Gasteiger partial charge is 0.480 e. The number of carboxylic acids is 1. The molecule has 0 saturated carbocycles. The van der Waals surface area contributed by atoms with Crippen molar-refractivity contribution in [1.29, 1.82) is 0 Å². The summed E-state index contributed by atoms with van der Waals surface area (Å²) in [4.78, 5) is 33.8. The van der Waals surface area contributed by atoms with Gasteiger partial charge in [-0.1, -0.05) is 13.8 Å². The third kappa shape index (κ3) is 6.73. The molecule has 0 saturated heterocycles. The van der Waals surface area contributed by atoms with Gasteiger partial charge in [-0.3, -0.25) is 9.59 Å². The maximum absolute atomic E-state index is 11.9. The molecule has 0 heterocycles. The minimum atomic E-state index is -1.39. The van der Waals surface area contributed by atoms with Crippen molar-refractivity contribution < 1.29 is 24.6 Å². The molecule has 0 radical (unpaired) electrons. The van der Waals surface area contributed by atoms with E-state index in [0.717, 1.165) is 0 Å². The van der Waals surface area contributed by atoms with E-state index in [2.05, 4.69) is 10.6 Å². The first-order valence-corrected chi connectivity index (χ1v) is 5.95. The molecule has 0 aromatic heterocycles. The number of carbonyl (C=O) groups excluding carboxylic acids is 2. The van der Waals surface area contributed by atoms with Gasteiger partial charge in [-0.25, -0.2) is 4.79 Å². The highest BCUT2D eigenvalue weighted by atomic mass is 16.4. The molecule has 0 spiro atoms. The average molecular weight is 275 g/mol. The molecule has 8 heteroatoms. The van der Waals surface area contributed by atoms with Crippen LogP contribution < -0.4 is 16.4 Å². The fourth-order valence-electron chi connectivity index (χ4n) is 1.41. The molecule has 0 bridgehead atoms. The number of rotatable bonds is 8. The average Bonchev–Trinajstić information content (AvgIpc) is 2.33. The zero-order valence-electron chi connectivity index (χ0n) is 11.0. The minimum Gasteiger partial charge on any atom is -0.480 e. The molecule has 6 N–H and O–H groups in total. The van der Waals surface area contributed by atoms with Crippen LogP contribution in [0.3, 0.4) is 0 Å². The molecule has 0 aliphatic heterocycles. The lowest BCUT2D eigenvalue weighted by molar-refractivity contribution is -0.143. The van der Waals surface area contributed by atoms with Crippen LogP contribution in [0.15, 0.2) is 0 Å². The first kappa shape index (κ1) is 17.3. The van der Waals surface area contributed by atoms with Crippen molar-refractivity contribution >= 4 is 17.8 Å². The van der Waals surface area contributed by atoms with Crippen molar-refractivity contribution in [2.45, 2.75) is 32.4 Å². The topological polar surface area (TPSA) is 142 Å². The third-order valence-electron chi connectivity index (χ3n) is 2.34. The van der Waals surface area contributed by atoms with Crippen molar-refractivity contribution in [3.63, 3.8) is 0 Å². The zero-order valence-corrected chi connectivity index (χ0v) is 11.0. The maximum atomic E-state index is 11.9. The Hall–Kier alpha value is -1.67. The Kier molecular flexibility index (Phi) is 7.69. The second-order valence-corrected chi connectivity index (χ2v) is 4.54. The normalized spacial score (nSPS) is 13.7. The second kappa shape index (κ2) is 8.44. The summed E-state index contributed by atoms with van der Waals surface area (Å²) < 4.78 is 0. The number of carboxylic acid groups (broad SMARTS) is 1. The maximum Gasteiger partial charge on any atom is 0.328 e. The van der Waals surface area contributed by atoms with E-state index < -0.39 is 36.5 Å². The standard InChI is InChI=1S/C11H21N3O5/c1-6(2)3-7(13-9(16)4-12)10(17)14-8(5-15)11(18)19/h6-8,15H,3-5,12H2,1-2H3,(H,13,16)(H,14,17)(H,18,19). The molecule has 110 valence electrons. The van der Waals surface area contributed by atoms with Gasteiger partial charge >= 0.3 is 5.97 Å². The molecule has 2 unspecified atom stereocenters. The minimum absolute atomic E-state index is 0.117. The van der Waals surface area contributed by atoms with Gasteiger partial charge in [0, 0.05) is 0 Å². The molecule has 0 rings (SSSR count). The van der Waals surface area contributed by atoms with Crippen LogP contribution in [0.5, 0.6) is 0 Å². The number of hydrogen-bond donors (Lipinski definition) is 5.